The molecule has 3 aliphatic heterocycles. The lowest BCUT2D eigenvalue weighted by Crippen LogP contribution is -2.41. The van der Waals surface area contributed by atoms with Crippen LogP contribution in [0.15, 0.2) is 30.1 Å². The van der Waals surface area contributed by atoms with E-state index in [1.54, 1.807) is 0 Å². The minimum Gasteiger partial charge on any atom is -0.490 e. The van der Waals surface area contributed by atoms with Gasteiger partial charge in [-0.3, -0.25) is 0 Å². The van der Waals surface area contributed by atoms with E-state index in [1.165, 1.54) is 16.9 Å². The van der Waals surface area contributed by atoms with Crippen molar-refractivity contribution in [2.45, 2.75) is 58.2 Å². The van der Waals surface area contributed by atoms with Crippen LogP contribution in [0.25, 0.3) is 0 Å². The molecule has 0 amide bonds. The SMILES string of the molecule is CC(C)N1CCC(Oc2ccc3c(c2)CC2=CNC[C@@H](C)N23)CC1. The van der Waals surface area contributed by atoms with E-state index in [9.17, 15) is 0 Å². The Balaban J connectivity index is 1.44. The Morgan fingerprint density at radius 3 is 2.75 bits per heavy atom. The van der Waals surface area contributed by atoms with Gasteiger partial charge in [-0.05, 0) is 57.4 Å². The summed E-state index contributed by atoms with van der Waals surface area (Å²) in [5, 5.41) is 3.39. The molecule has 3 aliphatic rings. The summed E-state index contributed by atoms with van der Waals surface area (Å²) in [6.07, 6.45) is 5.81. The van der Waals surface area contributed by atoms with Crippen molar-refractivity contribution >= 4 is 5.69 Å². The van der Waals surface area contributed by atoms with Gasteiger partial charge in [0.1, 0.15) is 11.9 Å². The van der Waals surface area contributed by atoms with Crippen molar-refractivity contribution in [1.82, 2.24) is 10.2 Å². The third kappa shape index (κ3) is 2.88. The Kier molecular flexibility index (Phi) is 4.17. The summed E-state index contributed by atoms with van der Waals surface area (Å²) in [5.74, 6) is 1.04. The molecule has 130 valence electrons. The Morgan fingerprint density at radius 1 is 1.21 bits per heavy atom. The van der Waals surface area contributed by atoms with E-state index in [2.05, 4.69) is 60.3 Å². The highest BCUT2D eigenvalue weighted by Gasteiger charge is 2.30. The summed E-state index contributed by atoms with van der Waals surface area (Å²) in [7, 11) is 0. The fourth-order valence-electron chi connectivity index (χ4n) is 4.23. The summed E-state index contributed by atoms with van der Waals surface area (Å²) in [5.41, 5.74) is 4.14. The molecule has 4 heteroatoms. The molecule has 0 aromatic heterocycles. The predicted molar refractivity (Wildman–Crippen MR) is 98.5 cm³/mol. The second-order valence-corrected chi connectivity index (χ2v) is 7.68. The zero-order valence-electron chi connectivity index (χ0n) is 15.1. The van der Waals surface area contributed by atoms with Crippen LogP contribution < -0.4 is 15.0 Å². The maximum Gasteiger partial charge on any atom is 0.120 e. The first-order valence-corrected chi connectivity index (χ1v) is 9.37. The van der Waals surface area contributed by atoms with Gasteiger partial charge in [0.2, 0.25) is 0 Å². The number of allylic oxidation sites excluding steroid dienone is 1. The minimum absolute atomic E-state index is 0.363. The van der Waals surface area contributed by atoms with Crippen molar-refractivity contribution in [3.8, 4) is 5.75 Å². The smallest absolute Gasteiger partial charge is 0.120 e. The first-order valence-electron chi connectivity index (χ1n) is 9.37. The van der Waals surface area contributed by atoms with Crippen molar-refractivity contribution in [2.24, 2.45) is 0 Å². The number of rotatable bonds is 3. The largest absolute Gasteiger partial charge is 0.490 e. The van der Waals surface area contributed by atoms with Crippen molar-refractivity contribution < 1.29 is 4.74 Å². The van der Waals surface area contributed by atoms with E-state index in [0.717, 1.165) is 44.6 Å². The first kappa shape index (κ1) is 15.8. The van der Waals surface area contributed by atoms with E-state index >= 15 is 0 Å². The van der Waals surface area contributed by atoms with E-state index in [1.807, 2.05) is 0 Å². The first-order chi connectivity index (χ1) is 11.6. The molecule has 0 bridgehead atoms. The Hall–Kier alpha value is -1.68. The van der Waals surface area contributed by atoms with E-state index in [-0.39, 0.29) is 0 Å². The second-order valence-electron chi connectivity index (χ2n) is 7.68. The van der Waals surface area contributed by atoms with Crippen LogP contribution in [-0.2, 0) is 6.42 Å². The number of benzene rings is 1. The molecule has 3 heterocycles. The second kappa shape index (κ2) is 6.32. The molecule has 1 fully saturated rings. The molecule has 1 saturated heterocycles. The molecule has 1 N–H and O–H groups in total. The fourth-order valence-corrected chi connectivity index (χ4v) is 4.23. The molecule has 1 aromatic carbocycles. The van der Waals surface area contributed by atoms with Gasteiger partial charge in [0.05, 0.1) is 0 Å². The average molecular weight is 327 g/mol. The lowest BCUT2D eigenvalue weighted by atomic mass is 10.1. The number of ether oxygens (including phenoxy) is 1. The minimum atomic E-state index is 0.363. The number of hydrogen-bond acceptors (Lipinski definition) is 4. The summed E-state index contributed by atoms with van der Waals surface area (Å²) in [6, 6.07) is 7.82. The molecule has 0 aliphatic carbocycles. The van der Waals surface area contributed by atoms with Crippen molar-refractivity contribution in [3.63, 3.8) is 0 Å². The Labute approximate surface area is 145 Å². The number of fused-ring (bicyclic) bond motifs is 3. The molecule has 4 nitrogen and oxygen atoms in total. The Morgan fingerprint density at radius 2 is 2.00 bits per heavy atom. The maximum absolute atomic E-state index is 6.31. The molecule has 0 unspecified atom stereocenters. The Bertz CT molecular complexity index is 632. The molecule has 1 aromatic rings. The van der Waals surface area contributed by atoms with Crippen LogP contribution in [0.2, 0.25) is 0 Å². The molecule has 0 saturated carbocycles. The van der Waals surface area contributed by atoms with Gasteiger partial charge < -0.3 is 19.9 Å². The third-order valence-corrected chi connectivity index (χ3v) is 5.62. The highest BCUT2D eigenvalue weighted by molar-refractivity contribution is 5.67. The third-order valence-electron chi connectivity index (χ3n) is 5.62. The van der Waals surface area contributed by atoms with Gasteiger partial charge >= 0.3 is 0 Å². The van der Waals surface area contributed by atoms with Crippen molar-refractivity contribution in [3.05, 3.63) is 35.7 Å². The molecular formula is C20H29N3O. The summed E-state index contributed by atoms with van der Waals surface area (Å²) < 4.78 is 6.31. The molecule has 1 atom stereocenters. The van der Waals surface area contributed by atoms with Gasteiger partial charge in [0, 0.05) is 55.7 Å². The lowest BCUT2D eigenvalue weighted by Gasteiger charge is -2.34. The highest BCUT2D eigenvalue weighted by Crippen LogP contribution is 2.39. The number of anilines is 1. The average Bonchev–Trinajstić information content (AvgIpc) is 2.94. The van der Waals surface area contributed by atoms with Gasteiger partial charge in [-0.25, -0.2) is 0 Å². The summed E-state index contributed by atoms with van der Waals surface area (Å²) >= 11 is 0. The van der Waals surface area contributed by atoms with Gasteiger partial charge in [-0.2, -0.15) is 0 Å². The monoisotopic (exact) mass is 327 g/mol. The van der Waals surface area contributed by atoms with Crippen LogP contribution in [0.1, 0.15) is 39.2 Å². The van der Waals surface area contributed by atoms with Gasteiger partial charge in [0.15, 0.2) is 0 Å². The lowest BCUT2D eigenvalue weighted by molar-refractivity contribution is 0.0843. The van der Waals surface area contributed by atoms with Gasteiger partial charge in [-0.1, -0.05) is 0 Å². The van der Waals surface area contributed by atoms with Gasteiger partial charge in [0.25, 0.3) is 0 Å². The zero-order valence-corrected chi connectivity index (χ0v) is 15.1. The van der Waals surface area contributed by atoms with Crippen LogP contribution in [0, 0.1) is 0 Å². The molecule has 4 rings (SSSR count). The number of hydrogen-bond donors (Lipinski definition) is 1. The standard InChI is InChI=1S/C20H29N3O/c1-14(2)22-8-6-18(7-9-22)24-19-4-5-20-16(11-19)10-17-13-21-12-15(3)23(17)20/h4-5,11,13-15,18,21H,6-10,12H2,1-3H3/t15-/m1/s1. The summed E-state index contributed by atoms with van der Waals surface area (Å²) in [4.78, 5) is 5.01. The molecule has 0 spiro atoms. The highest BCUT2D eigenvalue weighted by atomic mass is 16.5. The van der Waals surface area contributed by atoms with E-state index in [0.29, 0.717) is 18.2 Å². The maximum atomic E-state index is 6.31. The number of nitrogens with one attached hydrogen (secondary N) is 1. The van der Waals surface area contributed by atoms with Crippen molar-refractivity contribution in [1.29, 1.82) is 0 Å². The van der Waals surface area contributed by atoms with Crippen molar-refractivity contribution in [2.75, 3.05) is 24.5 Å². The molecule has 24 heavy (non-hydrogen) atoms. The zero-order chi connectivity index (χ0) is 16.7. The topological polar surface area (TPSA) is 27.7 Å². The summed E-state index contributed by atoms with van der Waals surface area (Å²) in [6.45, 7) is 10.1. The van der Waals surface area contributed by atoms with Crippen LogP contribution in [0.3, 0.4) is 0 Å². The predicted octanol–water partition coefficient (Wildman–Crippen LogP) is 3.13. The molecular weight excluding hydrogens is 298 g/mol. The van der Waals surface area contributed by atoms with Crippen LogP contribution in [0.4, 0.5) is 5.69 Å². The quantitative estimate of drug-likeness (QED) is 0.923. The fraction of sp³-hybridized carbons (Fsp3) is 0.600. The number of piperidine rings is 1. The van der Waals surface area contributed by atoms with Crippen LogP contribution in [0.5, 0.6) is 5.75 Å². The van der Waals surface area contributed by atoms with Crippen LogP contribution >= 0.6 is 0 Å². The van der Waals surface area contributed by atoms with Gasteiger partial charge in [-0.15, -0.1) is 0 Å². The van der Waals surface area contributed by atoms with E-state index in [4.69, 9.17) is 4.74 Å². The number of likely N-dealkylation sites (tertiary alicyclic amines) is 1. The normalized spacial score (nSPS) is 24.4. The van der Waals surface area contributed by atoms with E-state index < -0.39 is 0 Å². The molecule has 0 radical (unpaired) electrons. The van der Waals surface area contributed by atoms with Crippen LogP contribution in [-0.4, -0.2) is 42.7 Å². The number of nitrogens with zero attached hydrogens (tertiary/aromatic N) is 2.